The van der Waals surface area contributed by atoms with Gasteiger partial charge in [-0.25, -0.2) is 4.39 Å². The molecule has 0 aliphatic carbocycles. The molecule has 0 spiro atoms. The summed E-state index contributed by atoms with van der Waals surface area (Å²) in [5.41, 5.74) is -0.0804. The van der Waals surface area contributed by atoms with Crippen LogP contribution in [0.4, 0.5) is 4.39 Å². The zero-order valence-electron chi connectivity index (χ0n) is 6.28. The molecule has 13 heavy (non-hydrogen) atoms. The van der Waals surface area contributed by atoms with Crippen molar-refractivity contribution in [3.63, 3.8) is 0 Å². The third kappa shape index (κ3) is 2.42. The van der Waals surface area contributed by atoms with Gasteiger partial charge in [-0.1, -0.05) is 11.6 Å². The smallest absolute Gasteiger partial charge is 0.180 e. The van der Waals surface area contributed by atoms with E-state index in [2.05, 4.69) is 15.9 Å². The third-order valence-corrected chi connectivity index (χ3v) is 2.87. The molecule has 0 radical (unpaired) electrons. The third-order valence-electron chi connectivity index (χ3n) is 1.43. The average molecular weight is 286 g/mol. The van der Waals surface area contributed by atoms with Crippen LogP contribution in [0.15, 0.2) is 16.6 Å². The second-order valence-corrected chi connectivity index (χ2v) is 3.83. The van der Waals surface area contributed by atoms with Crippen molar-refractivity contribution in [3.05, 3.63) is 33.0 Å². The van der Waals surface area contributed by atoms with Crippen LogP contribution in [-0.4, -0.2) is 11.7 Å². The van der Waals surface area contributed by atoms with Gasteiger partial charge in [0.1, 0.15) is 5.82 Å². The van der Waals surface area contributed by atoms with Gasteiger partial charge in [0.05, 0.1) is 16.5 Å². The second kappa shape index (κ2) is 4.40. The topological polar surface area (TPSA) is 17.1 Å². The lowest BCUT2D eigenvalue weighted by Gasteiger charge is -2.01. The number of alkyl halides is 1. The number of benzene rings is 1. The summed E-state index contributed by atoms with van der Waals surface area (Å²) in [7, 11) is 0. The number of Topliss-reactive ketones (excluding diaryl/α,β-unsaturated/α-hetero) is 1. The quantitative estimate of drug-likeness (QED) is 0.460. The van der Waals surface area contributed by atoms with Crippen molar-refractivity contribution in [3.8, 4) is 0 Å². The van der Waals surface area contributed by atoms with Crippen molar-refractivity contribution in [2.45, 2.75) is 0 Å². The molecule has 0 atom stereocenters. The highest BCUT2D eigenvalue weighted by atomic mass is 79.9. The predicted octanol–water partition coefficient (Wildman–Crippen LogP) is 3.66. The van der Waals surface area contributed by atoms with Crippen LogP contribution in [-0.2, 0) is 0 Å². The summed E-state index contributed by atoms with van der Waals surface area (Å²) in [6.07, 6.45) is 0. The summed E-state index contributed by atoms with van der Waals surface area (Å²) in [6, 6.07) is 2.40. The Hall–Kier alpha value is -0.120. The van der Waals surface area contributed by atoms with Crippen LogP contribution in [0.3, 0.4) is 0 Å². The number of hydrogen-bond donors (Lipinski definition) is 0. The molecule has 70 valence electrons. The Morgan fingerprint density at radius 3 is 2.69 bits per heavy atom. The summed E-state index contributed by atoms with van der Waals surface area (Å²) in [5, 5.41) is 0.287. The molecule has 0 heterocycles. The Morgan fingerprint density at radius 2 is 2.15 bits per heavy atom. The Bertz CT molecular complexity index is 354. The molecule has 0 aliphatic heterocycles. The fourth-order valence-corrected chi connectivity index (χ4v) is 1.43. The van der Waals surface area contributed by atoms with Gasteiger partial charge >= 0.3 is 0 Å². The summed E-state index contributed by atoms with van der Waals surface area (Å²) in [5.74, 6) is -1.36. The minimum Gasteiger partial charge on any atom is -0.293 e. The second-order valence-electron chi connectivity index (χ2n) is 2.30. The largest absolute Gasteiger partial charge is 0.293 e. The standard InChI is InChI=1S/C8H4BrCl2FO/c9-5-2-7(12)4(1-6(5)11)8(13)3-10/h1-2H,3H2. The molecule has 1 aromatic carbocycles. The van der Waals surface area contributed by atoms with Crippen molar-refractivity contribution in [1.29, 1.82) is 0 Å². The molecule has 1 nitrogen and oxygen atoms in total. The van der Waals surface area contributed by atoms with Crippen LogP contribution in [0, 0.1) is 5.82 Å². The normalized spacial score (nSPS) is 10.2. The van der Waals surface area contributed by atoms with Crippen LogP contribution in [0.5, 0.6) is 0 Å². The molecule has 0 aromatic heterocycles. The SMILES string of the molecule is O=C(CCl)c1cc(Cl)c(Br)cc1F. The number of hydrogen-bond acceptors (Lipinski definition) is 1. The van der Waals surface area contributed by atoms with E-state index in [0.29, 0.717) is 4.47 Å². The Morgan fingerprint density at radius 1 is 1.54 bits per heavy atom. The highest BCUT2D eigenvalue weighted by Crippen LogP contribution is 2.25. The Labute approximate surface area is 93.0 Å². The molecule has 0 bridgehead atoms. The van der Waals surface area contributed by atoms with Crippen LogP contribution >= 0.6 is 39.1 Å². The van der Waals surface area contributed by atoms with Gasteiger partial charge in [0.25, 0.3) is 0 Å². The lowest BCUT2D eigenvalue weighted by atomic mass is 10.1. The minimum absolute atomic E-state index is 0.0804. The van der Waals surface area contributed by atoms with Gasteiger partial charge in [0.2, 0.25) is 0 Å². The van der Waals surface area contributed by atoms with E-state index in [0.717, 1.165) is 6.07 Å². The zero-order valence-corrected chi connectivity index (χ0v) is 9.38. The fourth-order valence-electron chi connectivity index (χ4n) is 0.808. The summed E-state index contributed by atoms with van der Waals surface area (Å²) >= 11 is 14.0. The lowest BCUT2D eigenvalue weighted by molar-refractivity contribution is 0.101. The average Bonchev–Trinajstić information content (AvgIpc) is 2.10. The number of ketones is 1. The van der Waals surface area contributed by atoms with Gasteiger partial charge in [-0.15, -0.1) is 11.6 Å². The van der Waals surface area contributed by atoms with Crippen molar-refractivity contribution >= 4 is 44.9 Å². The molecule has 0 saturated heterocycles. The predicted molar refractivity (Wildman–Crippen MR) is 54.2 cm³/mol. The van der Waals surface area contributed by atoms with Gasteiger partial charge in [0.15, 0.2) is 5.78 Å². The van der Waals surface area contributed by atoms with Crippen molar-refractivity contribution in [1.82, 2.24) is 0 Å². The maximum Gasteiger partial charge on any atom is 0.180 e. The van der Waals surface area contributed by atoms with Crippen molar-refractivity contribution in [2.75, 3.05) is 5.88 Å². The van der Waals surface area contributed by atoms with Crippen LogP contribution in [0.1, 0.15) is 10.4 Å². The first-order chi connectivity index (χ1) is 6.06. The molecule has 0 N–H and O–H groups in total. The van der Waals surface area contributed by atoms with E-state index in [1.165, 1.54) is 6.07 Å². The van der Waals surface area contributed by atoms with Crippen LogP contribution in [0.2, 0.25) is 5.02 Å². The van der Waals surface area contributed by atoms with E-state index >= 15 is 0 Å². The summed E-state index contributed by atoms with van der Waals surface area (Å²) in [6.45, 7) is 0. The van der Waals surface area contributed by atoms with Crippen molar-refractivity contribution < 1.29 is 9.18 Å². The molecular formula is C8H4BrCl2FO. The van der Waals surface area contributed by atoms with E-state index in [1.807, 2.05) is 0 Å². The molecule has 0 aliphatic rings. The van der Waals surface area contributed by atoms with E-state index < -0.39 is 11.6 Å². The maximum atomic E-state index is 13.1. The van der Waals surface area contributed by atoms with Crippen LogP contribution < -0.4 is 0 Å². The Kier molecular flexibility index (Phi) is 3.71. The first kappa shape index (κ1) is 11.0. The lowest BCUT2D eigenvalue weighted by Crippen LogP contribution is -2.03. The fraction of sp³-hybridized carbons (Fsp3) is 0.125. The monoisotopic (exact) mass is 284 g/mol. The van der Waals surface area contributed by atoms with E-state index in [-0.39, 0.29) is 16.5 Å². The molecule has 0 unspecified atom stereocenters. The minimum atomic E-state index is -0.623. The maximum absolute atomic E-state index is 13.1. The number of carbonyl (C=O) groups excluding carboxylic acids is 1. The molecule has 0 saturated carbocycles. The molecule has 0 fully saturated rings. The number of carbonyl (C=O) groups is 1. The molecular weight excluding hydrogens is 282 g/mol. The molecule has 1 aromatic rings. The first-order valence-electron chi connectivity index (χ1n) is 3.30. The number of halogens is 4. The zero-order chi connectivity index (χ0) is 10.0. The van der Waals surface area contributed by atoms with E-state index in [9.17, 15) is 9.18 Å². The highest BCUT2D eigenvalue weighted by molar-refractivity contribution is 9.10. The number of rotatable bonds is 2. The summed E-state index contributed by atoms with van der Waals surface area (Å²) in [4.78, 5) is 11.1. The first-order valence-corrected chi connectivity index (χ1v) is 5.00. The Balaban J connectivity index is 3.23. The molecule has 0 amide bonds. The van der Waals surface area contributed by atoms with E-state index in [1.54, 1.807) is 0 Å². The summed E-state index contributed by atoms with van der Waals surface area (Å²) < 4.78 is 13.5. The molecule has 5 heteroatoms. The van der Waals surface area contributed by atoms with Gasteiger partial charge in [-0.2, -0.15) is 0 Å². The van der Waals surface area contributed by atoms with Gasteiger partial charge in [0, 0.05) is 4.47 Å². The van der Waals surface area contributed by atoms with Crippen molar-refractivity contribution in [2.24, 2.45) is 0 Å². The van der Waals surface area contributed by atoms with Gasteiger partial charge in [-0.05, 0) is 28.1 Å². The van der Waals surface area contributed by atoms with Crippen LogP contribution in [0.25, 0.3) is 0 Å². The van der Waals surface area contributed by atoms with E-state index in [4.69, 9.17) is 23.2 Å². The van der Waals surface area contributed by atoms with Gasteiger partial charge in [-0.3, -0.25) is 4.79 Å². The molecule has 1 rings (SSSR count). The van der Waals surface area contributed by atoms with Gasteiger partial charge < -0.3 is 0 Å². The highest BCUT2D eigenvalue weighted by Gasteiger charge is 2.12.